The van der Waals surface area contributed by atoms with Gasteiger partial charge in [-0.3, -0.25) is 9.36 Å². The van der Waals surface area contributed by atoms with Crippen LogP contribution >= 0.6 is 22.9 Å². The molecule has 9 heteroatoms. The number of ether oxygens (including phenoxy) is 2. The van der Waals surface area contributed by atoms with Gasteiger partial charge in [0, 0.05) is 16.0 Å². The number of carboxylic acid groups (broad SMARTS) is 1. The number of benzene rings is 2. The maximum absolute atomic E-state index is 13.1. The molecule has 4 aromatic rings. The molecule has 0 aliphatic heterocycles. The molecule has 0 radical (unpaired) electrons. The second-order valence-corrected chi connectivity index (χ2v) is 7.76. The molecule has 0 bridgehead atoms. The highest BCUT2D eigenvalue weighted by molar-refractivity contribution is 7.22. The summed E-state index contributed by atoms with van der Waals surface area (Å²) in [6.45, 7) is -0.494. The largest absolute Gasteiger partial charge is 0.493 e. The van der Waals surface area contributed by atoms with E-state index in [1.54, 1.807) is 30.3 Å². The van der Waals surface area contributed by atoms with E-state index in [9.17, 15) is 9.59 Å². The van der Waals surface area contributed by atoms with Crippen molar-refractivity contribution in [3.63, 3.8) is 0 Å². The fourth-order valence-electron chi connectivity index (χ4n) is 2.92. The first kappa shape index (κ1) is 19.9. The summed E-state index contributed by atoms with van der Waals surface area (Å²) in [6, 6.07) is 14.1. The van der Waals surface area contributed by atoms with Crippen LogP contribution in [0.3, 0.4) is 0 Å². The Bertz CT molecular complexity index is 1300. The van der Waals surface area contributed by atoms with E-state index in [1.807, 2.05) is 18.2 Å². The second kappa shape index (κ2) is 8.17. The van der Waals surface area contributed by atoms with Gasteiger partial charge in [0.25, 0.3) is 5.56 Å². The maximum Gasteiger partial charge on any atom is 0.341 e. The van der Waals surface area contributed by atoms with Crippen molar-refractivity contribution in [2.75, 3.05) is 13.7 Å². The zero-order valence-electron chi connectivity index (χ0n) is 15.7. The van der Waals surface area contributed by atoms with Gasteiger partial charge in [0.15, 0.2) is 18.1 Å². The number of thiophene rings is 1. The third kappa shape index (κ3) is 3.87. The molecule has 0 atom stereocenters. The Labute approximate surface area is 179 Å². The van der Waals surface area contributed by atoms with Crippen molar-refractivity contribution >= 4 is 39.1 Å². The molecule has 152 valence electrons. The predicted molar refractivity (Wildman–Crippen MR) is 115 cm³/mol. The van der Waals surface area contributed by atoms with Gasteiger partial charge in [-0.15, -0.1) is 11.3 Å². The Morgan fingerprint density at radius 1 is 1.17 bits per heavy atom. The highest BCUT2D eigenvalue weighted by atomic mass is 35.5. The number of carboxylic acids is 1. The standard InChI is InChI=1S/C21H15ClN2O5S/c1-28-17-8-14(6-7-16(17)29-10-19(25)26)24-11-23-15-9-18(30-20(15)21(24)27)12-2-4-13(22)5-3-12/h2-9,11H,10H2,1H3,(H,25,26). The number of carbonyl (C=O) groups is 1. The Kier molecular flexibility index (Phi) is 5.43. The number of methoxy groups -OCH3 is 1. The number of rotatable bonds is 6. The number of halogens is 1. The van der Waals surface area contributed by atoms with Crippen molar-refractivity contribution in [1.29, 1.82) is 0 Å². The number of hydrogen-bond donors (Lipinski definition) is 1. The third-order valence-electron chi connectivity index (χ3n) is 4.34. The van der Waals surface area contributed by atoms with Crippen molar-refractivity contribution in [3.05, 3.63) is 70.2 Å². The molecule has 2 aromatic heterocycles. The van der Waals surface area contributed by atoms with Crippen LogP contribution in [0.4, 0.5) is 0 Å². The number of aliphatic carboxylic acids is 1. The van der Waals surface area contributed by atoms with E-state index in [-0.39, 0.29) is 11.3 Å². The molecule has 0 saturated heterocycles. The highest BCUT2D eigenvalue weighted by Gasteiger charge is 2.14. The van der Waals surface area contributed by atoms with Crippen molar-refractivity contribution < 1.29 is 19.4 Å². The molecule has 0 aliphatic rings. The summed E-state index contributed by atoms with van der Waals surface area (Å²) in [5.41, 5.74) is 1.87. The van der Waals surface area contributed by atoms with Crippen LogP contribution in [0.1, 0.15) is 0 Å². The van der Waals surface area contributed by atoms with Crippen molar-refractivity contribution in [1.82, 2.24) is 9.55 Å². The van der Waals surface area contributed by atoms with Gasteiger partial charge >= 0.3 is 5.97 Å². The van der Waals surface area contributed by atoms with E-state index < -0.39 is 12.6 Å². The lowest BCUT2D eigenvalue weighted by molar-refractivity contribution is -0.139. The van der Waals surface area contributed by atoms with Crippen LogP contribution < -0.4 is 15.0 Å². The Morgan fingerprint density at radius 3 is 2.63 bits per heavy atom. The Hall–Kier alpha value is -3.36. The molecule has 0 saturated carbocycles. The lowest BCUT2D eigenvalue weighted by Crippen LogP contribution is -2.18. The number of nitrogens with zero attached hydrogens (tertiary/aromatic N) is 2. The minimum absolute atomic E-state index is 0.216. The molecule has 0 amide bonds. The topological polar surface area (TPSA) is 90.7 Å². The summed E-state index contributed by atoms with van der Waals surface area (Å²) < 4.78 is 12.4. The van der Waals surface area contributed by atoms with Gasteiger partial charge in [-0.1, -0.05) is 23.7 Å². The van der Waals surface area contributed by atoms with Crippen LogP contribution in [-0.2, 0) is 4.79 Å². The Balaban J connectivity index is 1.74. The molecule has 0 aliphatic carbocycles. The third-order valence-corrected chi connectivity index (χ3v) is 5.76. The summed E-state index contributed by atoms with van der Waals surface area (Å²) >= 11 is 7.31. The normalized spacial score (nSPS) is 10.9. The zero-order chi connectivity index (χ0) is 21.3. The molecule has 4 rings (SSSR count). The van der Waals surface area contributed by atoms with Crippen LogP contribution in [0.25, 0.3) is 26.3 Å². The smallest absolute Gasteiger partial charge is 0.341 e. The van der Waals surface area contributed by atoms with Gasteiger partial charge in [-0.05, 0) is 35.9 Å². The van der Waals surface area contributed by atoms with E-state index in [0.29, 0.717) is 26.7 Å². The van der Waals surface area contributed by atoms with E-state index in [4.69, 9.17) is 26.2 Å². The lowest BCUT2D eigenvalue weighted by atomic mass is 10.2. The van der Waals surface area contributed by atoms with E-state index in [1.165, 1.54) is 29.3 Å². The van der Waals surface area contributed by atoms with Gasteiger partial charge in [-0.25, -0.2) is 9.78 Å². The quantitative estimate of drug-likeness (QED) is 0.480. The second-order valence-electron chi connectivity index (χ2n) is 6.27. The fourth-order valence-corrected chi connectivity index (χ4v) is 4.09. The van der Waals surface area contributed by atoms with Crippen molar-refractivity contribution in [2.24, 2.45) is 0 Å². The summed E-state index contributed by atoms with van der Waals surface area (Å²) in [6.07, 6.45) is 1.45. The monoisotopic (exact) mass is 442 g/mol. The van der Waals surface area contributed by atoms with Crippen LogP contribution in [-0.4, -0.2) is 34.3 Å². The average Bonchev–Trinajstić information content (AvgIpc) is 3.18. The molecule has 7 nitrogen and oxygen atoms in total. The van der Waals surface area contributed by atoms with Gasteiger partial charge < -0.3 is 14.6 Å². The summed E-state index contributed by atoms with van der Waals surface area (Å²) in [5.74, 6) is -0.512. The first-order valence-electron chi connectivity index (χ1n) is 8.76. The molecular formula is C21H15ClN2O5S. The number of aromatic nitrogens is 2. The van der Waals surface area contributed by atoms with Crippen molar-refractivity contribution in [3.8, 4) is 27.6 Å². The first-order chi connectivity index (χ1) is 14.5. The van der Waals surface area contributed by atoms with Gasteiger partial charge in [0.2, 0.25) is 0 Å². The predicted octanol–water partition coefficient (Wildman–Crippen LogP) is 4.24. The van der Waals surface area contributed by atoms with Crippen LogP contribution in [0, 0.1) is 0 Å². The Morgan fingerprint density at radius 2 is 1.93 bits per heavy atom. The molecule has 2 aromatic carbocycles. The average molecular weight is 443 g/mol. The fraction of sp³-hybridized carbons (Fsp3) is 0.0952. The summed E-state index contributed by atoms with van der Waals surface area (Å²) in [7, 11) is 1.44. The molecule has 30 heavy (non-hydrogen) atoms. The molecule has 1 N–H and O–H groups in total. The maximum atomic E-state index is 13.1. The molecule has 0 spiro atoms. The van der Waals surface area contributed by atoms with Gasteiger partial charge in [-0.2, -0.15) is 0 Å². The van der Waals surface area contributed by atoms with Crippen LogP contribution in [0.2, 0.25) is 5.02 Å². The summed E-state index contributed by atoms with van der Waals surface area (Å²) in [4.78, 5) is 29.1. The summed E-state index contributed by atoms with van der Waals surface area (Å²) in [5, 5.41) is 9.42. The molecule has 0 fully saturated rings. The van der Waals surface area contributed by atoms with Gasteiger partial charge in [0.1, 0.15) is 11.0 Å². The van der Waals surface area contributed by atoms with Crippen LogP contribution in [0.5, 0.6) is 11.5 Å². The molecule has 0 unspecified atom stereocenters. The van der Waals surface area contributed by atoms with Crippen molar-refractivity contribution in [2.45, 2.75) is 0 Å². The van der Waals surface area contributed by atoms with E-state index in [2.05, 4.69) is 4.98 Å². The minimum Gasteiger partial charge on any atom is -0.493 e. The highest BCUT2D eigenvalue weighted by Crippen LogP contribution is 2.32. The van der Waals surface area contributed by atoms with Crippen LogP contribution in [0.15, 0.2) is 59.7 Å². The molecular weight excluding hydrogens is 428 g/mol. The van der Waals surface area contributed by atoms with E-state index >= 15 is 0 Å². The first-order valence-corrected chi connectivity index (χ1v) is 9.96. The molecule has 2 heterocycles. The number of fused-ring (bicyclic) bond motifs is 1. The van der Waals surface area contributed by atoms with Gasteiger partial charge in [0.05, 0.1) is 18.3 Å². The lowest BCUT2D eigenvalue weighted by Gasteiger charge is -2.12. The zero-order valence-corrected chi connectivity index (χ0v) is 17.2. The SMILES string of the molecule is COc1cc(-n2cnc3cc(-c4ccc(Cl)cc4)sc3c2=O)ccc1OCC(=O)O. The number of hydrogen-bond acceptors (Lipinski definition) is 6. The van der Waals surface area contributed by atoms with E-state index in [0.717, 1.165) is 10.4 Å². The minimum atomic E-state index is -1.10.